The van der Waals surface area contributed by atoms with E-state index in [4.69, 9.17) is 9.72 Å². The molecule has 4 heterocycles. The standard InChI is InChI=1S/C19H28N4O/c1-14(2)21-6-7-23-16(10-21)11-24-17-8-15(9-20-18(17)23)22-12-19(13-22)4-3-5-19/h8-9,14,16H,3-7,10-13H2,1-2H3/t16-/m0/s1. The third-order valence-electron chi connectivity index (χ3n) is 6.60. The van der Waals surface area contributed by atoms with Crippen molar-refractivity contribution in [1.29, 1.82) is 0 Å². The van der Waals surface area contributed by atoms with Crippen LogP contribution in [0.2, 0.25) is 0 Å². The summed E-state index contributed by atoms with van der Waals surface area (Å²) in [7, 11) is 0. The summed E-state index contributed by atoms with van der Waals surface area (Å²) in [5.41, 5.74) is 1.89. The second-order valence-electron chi connectivity index (χ2n) is 8.47. The number of ether oxygens (including phenoxy) is 1. The van der Waals surface area contributed by atoms with Crippen molar-refractivity contribution in [2.75, 3.05) is 49.1 Å². The van der Waals surface area contributed by atoms with Crippen LogP contribution in [0.4, 0.5) is 11.5 Å². The van der Waals surface area contributed by atoms with Gasteiger partial charge in [0, 0.05) is 50.2 Å². The fourth-order valence-electron chi connectivity index (χ4n) is 4.82. The maximum absolute atomic E-state index is 6.12. The molecule has 5 heteroatoms. The first kappa shape index (κ1) is 14.8. The highest BCUT2D eigenvalue weighted by Crippen LogP contribution is 2.50. The predicted molar refractivity (Wildman–Crippen MR) is 96.1 cm³/mol. The van der Waals surface area contributed by atoms with Gasteiger partial charge < -0.3 is 14.5 Å². The first-order valence-electron chi connectivity index (χ1n) is 9.52. The maximum atomic E-state index is 6.12. The van der Waals surface area contributed by atoms with Crippen LogP contribution in [-0.2, 0) is 0 Å². The highest BCUT2D eigenvalue weighted by Gasteiger charge is 2.47. The lowest BCUT2D eigenvalue weighted by Crippen LogP contribution is -2.60. The van der Waals surface area contributed by atoms with E-state index in [0.29, 0.717) is 17.5 Å². The average molecular weight is 328 g/mol. The normalized spacial score (nSPS) is 28.0. The minimum absolute atomic E-state index is 0.439. The van der Waals surface area contributed by atoms with Gasteiger partial charge in [-0.05, 0) is 26.7 Å². The molecule has 3 fully saturated rings. The van der Waals surface area contributed by atoms with Gasteiger partial charge in [-0.25, -0.2) is 4.98 Å². The van der Waals surface area contributed by atoms with E-state index in [-0.39, 0.29) is 0 Å². The highest BCUT2D eigenvalue weighted by atomic mass is 16.5. The molecule has 0 radical (unpaired) electrons. The smallest absolute Gasteiger partial charge is 0.171 e. The molecule has 0 N–H and O–H groups in total. The summed E-state index contributed by atoms with van der Waals surface area (Å²) >= 11 is 0. The van der Waals surface area contributed by atoms with Crippen LogP contribution in [0.5, 0.6) is 5.75 Å². The minimum atomic E-state index is 0.439. The first-order chi connectivity index (χ1) is 11.6. The van der Waals surface area contributed by atoms with Gasteiger partial charge >= 0.3 is 0 Å². The molecule has 1 atom stereocenters. The van der Waals surface area contributed by atoms with E-state index in [1.807, 2.05) is 0 Å². The molecule has 5 rings (SSSR count). The van der Waals surface area contributed by atoms with Gasteiger partial charge in [-0.3, -0.25) is 4.90 Å². The van der Waals surface area contributed by atoms with Crippen LogP contribution in [0.3, 0.4) is 0 Å². The van der Waals surface area contributed by atoms with Crippen molar-refractivity contribution in [3.05, 3.63) is 12.3 Å². The Labute approximate surface area is 144 Å². The summed E-state index contributed by atoms with van der Waals surface area (Å²) in [4.78, 5) is 12.3. The van der Waals surface area contributed by atoms with Gasteiger partial charge in [0.15, 0.2) is 11.6 Å². The second-order valence-corrected chi connectivity index (χ2v) is 8.47. The number of anilines is 2. The number of fused-ring (bicyclic) bond motifs is 3. The monoisotopic (exact) mass is 328 g/mol. The lowest BCUT2D eigenvalue weighted by molar-refractivity contribution is 0.0902. The first-order valence-corrected chi connectivity index (χ1v) is 9.52. The van der Waals surface area contributed by atoms with Crippen LogP contribution in [-0.4, -0.2) is 61.3 Å². The number of rotatable bonds is 2. The third kappa shape index (κ3) is 2.20. The molecule has 5 nitrogen and oxygen atoms in total. The number of piperazine rings is 1. The predicted octanol–water partition coefficient (Wildman–Crippen LogP) is 2.36. The molecule has 24 heavy (non-hydrogen) atoms. The Morgan fingerprint density at radius 2 is 2.08 bits per heavy atom. The van der Waals surface area contributed by atoms with Crippen LogP contribution in [0.15, 0.2) is 12.3 Å². The Morgan fingerprint density at radius 1 is 1.25 bits per heavy atom. The Kier molecular flexibility index (Phi) is 3.24. The molecule has 4 aliphatic rings. The van der Waals surface area contributed by atoms with Crippen molar-refractivity contribution < 1.29 is 4.74 Å². The number of hydrogen-bond donors (Lipinski definition) is 0. The van der Waals surface area contributed by atoms with E-state index < -0.39 is 0 Å². The van der Waals surface area contributed by atoms with Crippen LogP contribution >= 0.6 is 0 Å². The SMILES string of the molecule is CC(C)N1CCN2c3ncc(N4CC5(CCC5)C4)cc3OC[C@@H]2C1. The zero-order valence-electron chi connectivity index (χ0n) is 14.9. The Balaban J connectivity index is 1.32. The van der Waals surface area contributed by atoms with Crippen molar-refractivity contribution >= 4 is 11.5 Å². The van der Waals surface area contributed by atoms with Gasteiger partial charge in [-0.2, -0.15) is 0 Å². The number of nitrogens with zero attached hydrogens (tertiary/aromatic N) is 4. The number of aromatic nitrogens is 1. The average Bonchev–Trinajstić information content (AvgIpc) is 2.51. The van der Waals surface area contributed by atoms with E-state index in [1.165, 1.54) is 38.0 Å². The van der Waals surface area contributed by atoms with Gasteiger partial charge in [0.05, 0.1) is 17.9 Å². The van der Waals surface area contributed by atoms with E-state index in [1.54, 1.807) is 0 Å². The molecule has 1 aliphatic carbocycles. The Morgan fingerprint density at radius 3 is 2.79 bits per heavy atom. The van der Waals surface area contributed by atoms with Gasteiger partial charge in [0.25, 0.3) is 0 Å². The minimum Gasteiger partial charge on any atom is -0.487 e. The third-order valence-corrected chi connectivity index (χ3v) is 6.60. The van der Waals surface area contributed by atoms with Crippen molar-refractivity contribution in [1.82, 2.24) is 9.88 Å². The molecule has 0 unspecified atom stereocenters. The van der Waals surface area contributed by atoms with Crippen molar-refractivity contribution in [3.8, 4) is 5.75 Å². The van der Waals surface area contributed by atoms with E-state index >= 15 is 0 Å². The molecule has 0 bridgehead atoms. The quantitative estimate of drug-likeness (QED) is 0.832. The van der Waals surface area contributed by atoms with Crippen molar-refractivity contribution in [3.63, 3.8) is 0 Å². The molecule has 3 aliphatic heterocycles. The highest BCUT2D eigenvalue weighted by molar-refractivity contribution is 5.63. The molecule has 1 spiro atoms. The molecular formula is C19H28N4O. The number of hydrogen-bond acceptors (Lipinski definition) is 5. The molecule has 2 saturated heterocycles. The molecule has 0 aromatic carbocycles. The van der Waals surface area contributed by atoms with Gasteiger partial charge in [0.2, 0.25) is 0 Å². The molecule has 0 amide bonds. The lowest BCUT2D eigenvalue weighted by Gasteiger charge is -2.57. The van der Waals surface area contributed by atoms with E-state index in [2.05, 4.69) is 40.8 Å². The van der Waals surface area contributed by atoms with Crippen LogP contribution in [0.25, 0.3) is 0 Å². The Hall–Kier alpha value is -1.49. The van der Waals surface area contributed by atoms with Crippen LogP contribution < -0.4 is 14.5 Å². The lowest BCUT2D eigenvalue weighted by atomic mass is 9.63. The summed E-state index contributed by atoms with van der Waals surface area (Å²) < 4.78 is 6.12. The molecular weight excluding hydrogens is 300 g/mol. The van der Waals surface area contributed by atoms with Crippen molar-refractivity contribution in [2.45, 2.75) is 45.2 Å². The fraction of sp³-hybridized carbons (Fsp3) is 0.737. The summed E-state index contributed by atoms with van der Waals surface area (Å²) in [6.45, 7) is 11.0. The van der Waals surface area contributed by atoms with Gasteiger partial charge in [0.1, 0.15) is 6.61 Å². The summed E-state index contributed by atoms with van der Waals surface area (Å²) in [5, 5.41) is 0. The maximum Gasteiger partial charge on any atom is 0.171 e. The topological polar surface area (TPSA) is 31.8 Å². The van der Waals surface area contributed by atoms with Crippen molar-refractivity contribution in [2.24, 2.45) is 5.41 Å². The largest absolute Gasteiger partial charge is 0.487 e. The zero-order chi connectivity index (χ0) is 16.3. The van der Waals surface area contributed by atoms with Gasteiger partial charge in [-0.15, -0.1) is 0 Å². The second kappa shape index (κ2) is 5.25. The van der Waals surface area contributed by atoms with Crippen LogP contribution in [0, 0.1) is 5.41 Å². The molecule has 130 valence electrons. The zero-order valence-corrected chi connectivity index (χ0v) is 14.9. The Bertz CT molecular complexity index is 634. The van der Waals surface area contributed by atoms with E-state index in [0.717, 1.165) is 37.8 Å². The number of pyridine rings is 1. The van der Waals surface area contributed by atoms with Gasteiger partial charge in [-0.1, -0.05) is 6.42 Å². The molecule has 1 aromatic rings. The fourth-order valence-corrected chi connectivity index (χ4v) is 4.82. The summed E-state index contributed by atoms with van der Waals surface area (Å²) in [6, 6.07) is 3.27. The summed E-state index contributed by atoms with van der Waals surface area (Å²) in [5.74, 6) is 2.04. The van der Waals surface area contributed by atoms with Crippen LogP contribution in [0.1, 0.15) is 33.1 Å². The molecule has 1 aromatic heterocycles. The molecule has 1 saturated carbocycles. The summed E-state index contributed by atoms with van der Waals surface area (Å²) in [6.07, 6.45) is 6.31. The van der Waals surface area contributed by atoms with E-state index in [9.17, 15) is 0 Å².